The third kappa shape index (κ3) is 3.39. The molecule has 0 aliphatic rings. The Balaban J connectivity index is 1.99. The van der Waals surface area contributed by atoms with Gasteiger partial charge in [-0.2, -0.15) is 0 Å². The molecule has 0 spiro atoms. The van der Waals surface area contributed by atoms with Crippen molar-refractivity contribution in [1.29, 1.82) is 0 Å². The van der Waals surface area contributed by atoms with Gasteiger partial charge in [0.1, 0.15) is 6.26 Å². The summed E-state index contributed by atoms with van der Waals surface area (Å²) in [5.74, 6) is 0.529. The van der Waals surface area contributed by atoms with Crippen LogP contribution in [-0.4, -0.2) is 9.37 Å². The maximum absolute atomic E-state index is 11.8. The molecule has 0 saturated heterocycles. The van der Waals surface area contributed by atoms with Crippen molar-refractivity contribution in [3.63, 3.8) is 0 Å². The molecule has 0 N–H and O–H groups in total. The highest BCUT2D eigenvalue weighted by atomic mass is 32.2. The van der Waals surface area contributed by atoms with Crippen molar-refractivity contribution in [2.75, 3.05) is 0 Å². The number of hydrogen-bond acceptors (Lipinski definition) is 3. The smallest absolute Gasteiger partial charge is 0.131 e. The van der Waals surface area contributed by atoms with Crippen LogP contribution in [0.4, 0.5) is 0 Å². The van der Waals surface area contributed by atoms with E-state index in [9.17, 15) is 4.21 Å². The van der Waals surface area contributed by atoms with Crippen LogP contribution in [0.1, 0.15) is 16.8 Å². The lowest BCUT2D eigenvalue weighted by Crippen LogP contribution is -1.90. The van der Waals surface area contributed by atoms with Crippen molar-refractivity contribution in [2.45, 2.75) is 12.7 Å². The molecule has 0 fully saturated rings. The van der Waals surface area contributed by atoms with Crippen LogP contribution in [0.25, 0.3) is 6.08 Å². The van der Waals surface area contributed by atoms with Crippen molar-refractivity contribution in [1.82, 2.24) is 5.16 Å². The van der Waals surface area contributed by atoms with Crippen LogP contribution in [0.15, 0.2) is 46.5 Å². The molecule has 1 heterocycles. The van der Waals surface area contributed by atoms with E-state index in [0.717, 1.165) is 16.8 Å². The molecule has 1 unspecified atom stereocenters. The van der Waals surface area contributed by atoms with Gasteiger partial charge in [0.2, 0.25) is 0 Å². The van der Waals surface area contributed by atoms with E-state index in [-0.39, 0.29) is 0 Å². The van der Waals surface area contributed by atoms with Gasteiger partial charge in [0, 0.05) is 11.0 Å². The van der Waals surface area contributed by atoms with E-state index < -0.39 is 10.8 Å². The topological polar surface area (TPSA) is 43.1 Å². The van der Waals surface area contributed by atoms with Crippen LogP contribution >= 0.6 is 0 Å². The highest BCUT2D eigenvalue weighted by Gasteiger charge is 2.00. The lowest BCUT2D eigenvalue weighted by atomic mass is 10.2. The monoisotopic (exact) mass is 247 g/mol. The average Bonchev–Trinajstić information content (AvgIpc) is 2.74. The Morgan fingerprint density at radius 1 is 1.35 bits per heavy atom. The number of benzene rings is 1. The zero-order valence-electron chi connectivity index (χ0n) is 9.50. The Bertz CT molecular complexity index is 531. The fraction of sp³-hybridized carbons (Fsp3) is 0.154. The molecule has 1 atom stereocenters. The van der Waals surface area contributed by atoms with Gasteiger partial charge in [-0.05, 0) is 18.6 Å². The molecule has 88 valence electrons. The second-order valence-electron chi connectivity index (χ2n) is 3.67. The minimum absolute atomic E-state index is 0.529. The van der Waals surface area contributed by atoms with Crippen molar-refractivity contribution in [3.8, 4) is 0 Å². The summed E-state index contributed by atoms with van der Waals surface area (Å²) in [5.41, 5.74) is 2.74. The van der Waals surface area contributed by atoms with Crippen LogP contribution in [0.3, 0.4) is 0 Å². The molecule has 0 radical (unpaired) electrons. The van der Waals surface area contributed by atoms with Gasteiger partial charge in [0.15, 0.2) is 0 Å². The maximum Gasteiger partial charge on any atom is 0.131 e. The minimum Gasteiger partial charge on any atom is -0.364 e. The molecule has 1 aromatic carbocycles. The van der Waals surface area contributed by atoms with Crippen molar-refractivity contribution >= 4 is 16.9 Å². The number of hydrogen-bond donors (Lipinski definition) is 0. The average molecular weight is 247 g/mol. The summed E-state index contributed by atoms with van der Waals surface area (Å²) in [6, 6.07) is 9.77. The Hall–Kier alpha value is -1.68. The van der Waals surface area contributed by atoms with Gasteiger partial charge < -0.3 is 4.52 Å². The van der Waals surface area contributed by atoms with Crippen LogP contribution in [-0.2, 0) is 16.6 Å². The standard InChI is InChI=1S/C13H13NO2S/c1-11-13(9-16-14-11)7-8-17(15)10-12-5-3-2-4-6-12/h2-9H,10H2,1H3/b8-7+. The second-order valence-corrected chi connectivity index (χ2v) is 4.99. The quantitative estimate of drug-likeness (QED) is 0.834. The fourth-order valence-corrected chi connectivity index (χ4v) is 2.31. The molecule has 17 heavy (non-hydrogen) atoms. The Labute approximate surface area is 103 Å². The van der Waals surface area contributed by atoms with Crippen LogP contribution < -0.4 is 0 Å². The first kappa shape index (κ1) is 11.8. The third-order valence-electron chi connectivity index (χ3n) is 2.34. The molecular formula is C13H13NO2S. The number of aromatic nitrogens is 1. The highest BCUT2D eigenvalue weighted by Crippen LogP contribution is 2.09. The van der Waals surface area contributed by atoms with Gasteiger partial charge in [-0.3, -0.25) is 4.21 Å². The summed E-state index contributed by atoms with van der Waals surface area (Å²) < 4.78 is 16.6. The van der Waals surface area contributed by atoms with Gasteiger partial charge in [-0.15, -0.1) is 0 Å². The molecular weight excluding hydrogens is 234 g/mol. The zero-order chi connectivity index (χ0) is 12.1. The largest absolute Gasteiger partial charge is 0.364 e. The van der Waals surface area contributed by atoms with Crippen LogP contribution in [0.5, 0.6) is 0 Å². The van der Waals surface area contributed by atoms with Gasteiger partial charge in [-0.1, -0.05) is 35.5 Å². The minimum atomic E-state index is -1.01. The first-order chi connectivity index (χ1) is 8.25. The predicted molar refractivity (Wildman–Crippen MR) is 68.6 cm³/mol. The Morgan fingerprint density at radius 3 is 2.76 bits per heavy atom. The summed E-state index contributed by atoms with van der Waals surface area (Å²) in [7, 11) is -1.01. The summed E-state index contributed by atoms with van der Waals surface area (Å²) in [4.78, 5) is 0. The molecule has 2 rings (SSSR count). The van der Waals surface area contributed by atoms with E-state index in [2.05, 4.69) is 5.16 Å². The van der Waals surface area contributed by atoms with E-state index in [0.29, 0.717) is 5.75 Å². The number of rotatable bonds is 4. The van der Waals surface area contributed by atoms with Crippen molar-refractivity contribution in [2.24, 2.45) is 0 Å². The van der Waals surface area contributed by atoms with Crippen LogP contribution in [0, 0.1) is 6.92 Å². The lowest BCUT2D eigenvalue weighted by molar-refractivity contribution is 0.415. The van der Waals surface area contributed by atoms with Crippen molar-refractivity contribution in [3.05, 3.63) is 58.8 Å². The number of aryl methyl sites for hydroxylation is 1. The molecule has 0 saturated carbocycles. The van der Waals surface area contributed by atoms with E-state index in [4.69, 9.17) is 4.52 Å². The Kier molecular flexibility index (Phi) is 3.88. The van der Waals surface area contributed by atoms with Crippen LogP contribution in [0.2, 0.25) is 0 Å². The van der Waals surface area contributed by atoms with E-state index in [1.54, 1.807) is 17.7 Å². The summed E-state index contributed by atoms with van der Waals surface area (Å²) in [5, 5.41) is 5.43. The summed E-state index contributed by atoms with van der Waals surface area (Å²) in [6.07, 6.45) is 3.33. The van der Waals surface area contributed by atoms with Crippen molar-refractivity contribution < 1.29 is 8.73 Å². The normalized spacial score (nSPS) is 13.0. The van der Waals surface area contributed by atoms with Gasteiger partial charge in [0.05, 0.1) is 22.2 Å². The molecule has 0 aliphatic carbocycles. The molecule has 3 nitrogen and oxygen atoms in total. The van der Waals surface area contributed by atoms with Gasteiger partial charge in [0.25, 0.3) is 0 Å². The molecule has 0 amide bonds. The molecule has 4 heteroatoms. The first-order valence-electron chi connectivity index (χ1n) is 5.26. The maximum atomic E-state index is 11.8. The highest BCUT2D eigenvalue weighted by molar-refractivity contribution is 7.87. The summed E-state index contributed by atoms with van der Waals surface area (Å²) >= 11 is 0. The summed E-state index contributed by atoms with van der Waals surface area (Å²) in [6.45, 7) is 1.85. The van der Waals surface area contributed by atoms with E-state index >= 15 is 0 Å². The van der Waals surface area contributed by atoms with E-state index in [1.165, 1.54) is 0 Å². The molecule has 0 bridgehead atoms. The number of nitrogens with zero attached hydrogens (tertiary/aromatic N) is 1. The fourth-order valence-electron chi connectivity index (χ4n) is 1.40. The third-order valence-corrected chi connectivity index (χ3v) is 3.40. The second kappa shape index (κ2) is 5.59. The molecule has 1 aromatic heterocycles. The Morgan fingerprint density at radius 2 is 2.12 bits per heavy atom. The lowest BCUT2D eigenvalue weighted by Gasteiger charge is -1.96. The first-order valence-corrected chi connectivity index (χ1v) is 6.64. The van der Waals surface area contributed by atoms with Gasteiger partial charge >= 0.3 is 0 Å². The SMILES string of the molecule is Cc1nocc1/C=C/S(=O)Cc1ccccc1. The van der Waals surface area contributed by atoms with Gasteiger partial charge in [-0.25, -0.2) is 0 Å². The van der Waals surface area contributed by atoms with E-state index in [1.807, 2.05) is 37.3 Å². The molecule has 2 aromatic rings. The molecule has 0 aliphatic heterocycles. The zero-order valence-corrected chi connectivity index (χ0v) is 10.3. The predicted octanol–water partition coefficient (Wildman–Crippen LogP) is 2.90.